The molecule has 0 fully saturated rings. The molecule has 0 saturated heterocycles. The predicted molar refractivity (Wildman–Crippen MR) is 97.6 cm³/mol. The Bertz CT molecular complexity index is 889. The number of benzene rings is 2. The number of hydrogen-bond acceptors (Lipinski definition) is 4. The van der Waals surface area contributed by atoms with Crippen molar-refractivity contribution in [2.24, 2.45) is 0 Å². The van der Waals surface area contributed by atoms with E-state index >= 15 is 0 Å². The maximum Gasteiger partial charge on any atom is 0.227 e. The maximum atomic E-state index is 12.9. The topological polar surface area (TPSA) is 63.9 Å². The zero-order valence-corrected chi connectivity index (χ0v) is 14.7. The fourth-order valence-electron chi connectivity index (χ4n) is 3.57. The van der Waals surface area contributed by atoms with Gasteiger partial charge in [0.1, 0.15) is 6.33 Å². The summed E-state index contributed by atoms with van der Waals surface area (Å²) in [7, 11) is 0. The number of tetrazole rings is 1. The number of hydrogen-bond donors (Lipinski definition) is 0. The number of carbonyl (C=O) groups is 1. The minimum Gasteiger partial charge on any atom is -0.335 e. The van der Waals surface area contributed by atoms with E-state index in [2.05, 4.69) is 40.6 Å². The summed E-state index contributed by atoms with van der Waals surface area (Å²) >= 11 is 0. The lowest BCUT2D eigenvalue weighted by molar-refractivity contribution is -0.134. The van der Waals surface area contributed by atoms with Crippen LogP contribution in [0, 0.1) is 0 Å². The van der Waals surface area contributed by atoms with Crippen LogP contribution in [0.5, 0.6) is 0 Å². The molecule has 4 rings (SSSR count). The maximum absolute atomic E-state index is 12.9. The van der Waals surface area contributed by atoms with E-state index in [9.17, 15) is 4.79 Å². The van der Waals surface area contributed by atoms with Crippen LogP contribution < -0.4 is 0 Å². The predicted octanol–water partition coefficient (Wildman–Crippen LogP) is 2.57. The molecule has 2 heterocycles. The Labute approximate surface area is 152 Å². The molecule has 1 atom stereocenters. The second-order valence-corrected chi connectivity index (χ2v) is 6.65. The largest absolute Gasteiger partial charge is 0.335 e. The molecule has 1 amide bonds. The van der Waals surface area contributed by atoms with E-state index in [1.165, 1.54) is 11.1 Å². The van der Waals surface area contributed by atoms with Gasteiger partial charge < -0.3 is 4.90 Å². The van der Waals surface area contributed by atoms with Gasteiger partial charge in [-0.05, 0) is 52.1 Å². The van der Waals surface area contributed by atoms with Crippen LogP contribution in [0.2, 0.25) is 0 Å². The van der Waals surface area contributed by atoms with E-state index in [1.807, 2.05) is 35.2 Å². The van der Waals surface area contributed by atoms with Crippen molar-refractivity contribution in [3.63, 3.8) is 0 Å². The van der Waals surface area contributed by atoms with Crippen LogP contribution >= 0.6 is 0 Å². The molecule has 1 aromatic heterocycles. The zero-order chi connectivity index (χ0) is 17.9. The average molecular weight is 347 g/mol. The third-order valence-electron chi connectivity index (χ3n) is 5.05. The van der Waals surface area contributed by atoms with Gasteiger partial charge in [-0.15, -0.1) is 5.10 Å². The molecule has 0 spiro atoms. The highest BCUT2D eigenvalue weighted by Crippen LogP contribution is 2.25. The molecule has 0 radical (unpaired) electrons. The number of aromatic nitrogens is 4. The van der Waals surface area contributed by atoms with Crippen molar-refractivity contribution in [3.05, 3.63) is 71.5 Å². The highest BCUT2D eigenvalue weighted by Gasteiger charge is 2.28. The van der Waals surface area contributed by atoms with Crippen molar-refractivity contribution in [2.45, 2.75) is 38.8 Å². The summed E-state index contributed by atoms with van der Waals surface area (Å²) in [6.07, 6.45) is 3.88. The fraction of sp³-hybridized carbons (Fsp3) is 0.300. The quantitative estimate of drug-likeness (QED) is 0.728. The average Bonchev–Trinajstić information content (AvgIpc) is 3.22. The second kappa shape index (κ2) is 7.07. The van der Waals surface area contributed by atoms with Gasteiger partial charge in [-0.2, -0.15) is 0 Å². The van der Waals surface area contributed by atoms with Crippen LogP contribution in [0.4, 0.5) is 0 Å². The van der Waals surface area contributed by atoms with E-state index in [4.69, 9.17) is 0 Å². The Hall–Kier alpha value is -3.02. The summed E-state index contributed by atoms with van der Waals surface area (Å²) in [6, 6.07) is 16.5. The van der Waals surface area contributed by atoms with Gasteiger partial charge in [0, 0.05) is 12.6 Å². The summed E-state index contributed by atoms with van der Waals surface area (Å²) < 4.78 is 1.60. The number of carbonyl (C=O) groups excluding carboxylic acids is 1. The monoisotopic (exact) mass is 347 g/mol. The third kappa shape index (κ3) is 3.22. The van der Waals surface area contributed by atoms with E-state index in [1.54, 1.807) is 11.0 Å². The smallest absolute Gasteiger partial charge is 0.227 e. The van der Waals surface area contributed by atoms with E-state index in [0.29, 0.717) is 13.0 Å². The Morgan fingerprint density at radius 2 is 1.88 bits per heavy atom. The van der Waals surface area contributed by atoms with Crippen molar-refractivity contribution < 1.29 is 4.79 Å². The first-order valence-electron chi connectivity index (χ1n) is 8.93. The number of rotatable bonds is 4. The van der Waals surface area contributed by atoms with Crippen molar-refractivity contribution in [1.82, 2.24) is 25.1 Å². The van der Waals surface area contributed by atoms with Crippen LogP contribution in [0.1, 0.15) is 30.0 Å². The van der Waals surface area contributed by atoms with E-state index in [-0.39, 0.29) is 11.9 Å². The summed E-state index contributed by atoms with van der Waals surface area (Å²) in [5.74, 6) is 0.182. The molecule has 0 saturated carbocycles. The first-order valence-corrected chi connectivity index (χ1v) is 8.93. The van der Waals surface area contributed by atoms with E-state index < -0.39 is 0 Å². The van der Waals surface area contributed by atoms with E-state index in [0.717, 1.165) is 24.1 Å². The standard InChI is InChI=1S/C20H21N5O/c1-2-18-12-16-5-3-4-6-17(16)13-24(18)20(26)11-15-7-9-19(10-8-15)25-14-21-22-23-25/h3-10,14,18H,2,11-13H2,1H3. The Kier molecular flexibility index (Phi) is 4.48. The lowest BCUT2D eigenvalue weighted by Crippen LogP contribution is -2.44. The zero-order valence-electron chi connectivity index (χ0n) is 14.7. The lowest BCUT2D eigenvalue weighted by atomic mass is 9.92. The summed E-state index contributed by atoms with van der Waals surface area (Å²) in [6.45, 7) is 2.86. The molecule has 1 aliphatic heterocycles. The molecule has 1 aliphatic rings. The van der Waals surface area contributed by atoms with Crippen molar-refractivity contribution in [3.8, 4) is 5.69 Å². The molecule has 0 bridgehead atoms. The van der Waals surface area contributed by atoms with Gasteiger partial charge in [-0.25, -0.2) is 4.68 Å². The molecule has 6 nitrogen and oxygen atoms in total. The van der Waals surface area contributed by atoms with Crippen molar-refractivity contribution in [1.29, 1.82) is 0 Å². The molecule has 2 aromatic carbocycles. The van der Waals surface area contributed by atoms with Gasteiger partial charge in [0.2, 0.25) is 5.91 Å². The minimum atomic E-state index is 0.182. The summed E-state index contributed by atoms with van der Waals surface area (Å²) in [4.78, 5) is 15.0. The fourth-order valence-corrected chi connectivity index (χ4v) is 3.57. The summed E-state index contributed by atoms with van der Waals surface area (Å²) in [5.41, 5.74) is 4.51. The molecule has 0 aliphatic carbocycles. The van der Waals surface area contributed by atoms with Gasteiger partial charge in [-0.1, -0.05) is 43.3 Å². The lowest BCUT2D eigenvalue weighted by Gasteiger charge is -2.36. The van der Waals surface area contributed by atoms with Crippen LogP contribution in [0.15, 0.2) is 54.9 Å². The Morgan fingerprint density at radius 1 is 1.12 bits per heavy atom. The molecule has 132 valence electrons. The van der Waals surface area contributed by atoms with Gasteiger partial charge in [0.15, 0.2) is 0 Å². The van der Waals surface area contributed by atoms with Crippen molar-refractivity contribution >= 4 is 5.91 Å². The third-order valence-corrected chi connectivity index (χ3v) is 5.05. The van der Waals surface area contributed by atoms with Gasteiger partial charge in [0.25, 0.3) is 0 Å². The first kappa shape index (κ1) is 16.4. The number of amides is 1. The number of nitrogens with zero attached hydrogens (tertiary/aromatic N) is 5. The van der Waals surface area contributed by atoms with Gasteiger partial charge in [-0.3, -0.25) is 4.79 Å². The molecule has 3 aromatic rings. The molecule has 6 heteroatoms. The van der Waals surface area contributed by atoms with Crippen LogP contribution in [-0.2, 0) is 24.2 Å². The minimum absolute atomic E-state index is 0.182. The van der Waals surface area contributed by atoms with Crippen LogP contribution in [0.25, 0.3) is 5.69 Å². The SMILES string of the molecule is CCC1Cc2ccccc2CN1C(=O)Cc1ccc(-n2cnnn2)cc1. The molecule has 0 N–H and O–H groups in total. The molecular weight excluding hydrogens is 326 g/mol. The van der Waals surface area contributed by atoms with Gasteiger partial charge in [0.05, 0.1) is 12.1 Å². The van der Waals surface area contributed by atoms with Gasteiger partial charge >= 0.3 is 0 Å². The molecule has 1 unspecified atom stereocenters. The summed E-state index contributed by atoms with van der Waals surface area (Å²) in [5, 5.41) is 11.1. The Balaban J connectivity index is 1.49. The van der Waals surface area contributed by atoms with Crippen LogP contribution in [-0.4, -0.2) is 37.1 Å². The highest BCUT2D eigenvalue weighted by atomic mass is 16.2. The Morgan fingerprint density at radius 3 is 2.58 bits per heavy atom. The first-order chi connectivity index (χ1) is 12.7. The normalized spacial score (nSPS) is 16.3. The highest BCUT2D eigenvalue weighted by molar-refractivity contribution is 5.79. The molecule has 26 heavy (non-hydrogen) atoms. The van der Waals surface area contributed by atoms with Crippen LogP contribution in [0.3, 0.4) is 0 Å². The number of fused-ring (bicyclic) bond motifs is 1. The van der Waals surface area contributed by atoms with Crippen molar-refractivity contribution in [2.75, 3.05) is 0 Å². The molecular formula is C20H21N5O. The second-order valence-electron chi connectivity index (χ2n) is 6.65.